The van der Waals surface area contributed by atoms with Crippen LogP contribution in [0.25, 0.3) is 11.3 Å². The van der Waals surface area contributed by atoms with Gasteiger partial charge in [0.1, 0.15) is 11.3 Å². The van der Waals surface area contributed by atoms with Crippen molar-refractivity contribution in [1.29, 1.82) is 0 Å². The molecule has 0 spiro atoms. The molecule has 4 rings (SSSR count). The summed E-state index contributed by atoms with van der Waals surface area (Å²) in [6.45, 7) is 3.56. The molecule has 0 aromatic carbocycles. The van der Waals surface area contributed by atoms with Crippen molar-refractivity contribution >= 4 is 11.5 Å². The number of carbonyl (C=O) groups excluding carboxylic acids is 1. The van der Waals surface area contributed by atoms with Gasteiger partial charge < -0.3 is 20.7 Å². The van der Waals surface area contributed by atoms with Crippen LogP contribution in [-0.4, -0.2) is 54.0 Å². The SMILES string of the molecule is CC[C@]1(O)[C@H](O)C[C@H](c2ccncc2CC(=O)c2nc(-c3ccnnc3)ccc2N)O[C@@H]1C. The Balaban J connectivity index is 1.60. The molecule has 4 N–H and O–H groups in total. The summed E-state index contributed by atoms with van der Waals surface area (Å²) in [7, 11) is 0. The third-order valence-electron chi connectivity index (χ3n) is 6.36. The molecule has 0 aliphatic carbocycles. The topological polar surface area (TPSA) is 144 Å². The van der Waals surface area contributed by atoms with Gasteiger partial charge in [0.05, 0.1) is 42.1 Å². The highest BCUT2D eigenvalue weighted by Gasteiger charge is 2.46. The van der Waals surface area contributed by atoms with Crippen LogP contribution in [-0.2, 0) is 11.2 Å². The first-order chi connectivity index (χ1) is 15.8. The third-order valence-corrected chi connectivity index (χ3v) is 6.36. The predicted molar refractivity (Wildman–Crippen MR) is 121 cm³/mol. The number of carbonyl (C=O) groups is 1. The van der Waals surface area contributed by atoms with Gasteiger partial charge in [-0.1, -0.05) is 6.92 Å². The quantitative estimate of drug-likeness (QED) is 0.483. The summed E-state index contributed by atoms with van der Waals surface area (Å²) in [4.78, 5) is 21.8. The lowest BCUT2D eigenvalue weighted by atomic mass is 9.81. The molecule has 9 nitrogen and oxygen atoms in total. The summed E-state index contributed by atoms with van der Waals surface area (Å²) < 4.78 is 6.08. The lowest BCUT2D eigenvalue weighted by Gasteiger charge is -2.45. The summed E-state index contributed by atoms with van der Waals surface area (Å²) in [5.74, 6) is -0.264. The van der Waals surface area contributed by atoms with Gasteiger partial charge in [0, 0.05) is 30.8 Å². The molecule has 0 unspecified atom stereocenters. The number of pyridine rings is 2. The van der Waals surface area contributed by atoms with E-state index in [1.54, 1.807) is 56.0 Å². The number of ketones is 1. The van der Waals surface area contributed by atoms with Crippen molar-refractivity contribution in [2.75, 3.05) is 5.73 Å². The Morgan fingerprint density at radius 2 is 2.03 bits per heavy atom. The number of nitrogen functional groups attached to an aromatic ring is 1. The second-order valence-electron chi connectivity index (χ2n) is 8.30. The Morgan fingerprint density at radius 3 is 2.73 bits per heavy atom. The maximum atomic E-state index is 13.2. The van der Waals surface area contributed by atoms with Gasteiger partial charge in [-0.15, -0.1) is 0 Å². The molecule has 3 aromatic heterocycles. The summed E-state index contributed by atoms with van der Waals surface area (Å²) in [5.41, 5.74) is 7.91. The number of ether oxygens (including phenoxy) is 1. The molecule has 9 heteroatoms. The van der Waals surface area contributed by atoms with E-state index in [2.05, 4.69) is 20.2 Å². The maximum absolute atomic E-state index is 13.2. The van der Waals surface area contributed by atoms with E-state index in [1.807, 2.05) is 6.92 Å². The summed E-state index contributed by atoms with van der Waals surface area (Å²) >= 11 is 0. The molecule has 1 aliphatic heterocycles. The van der Waals surface area contributed by atoms with Gasteiger partial charge in [0.2, 0.25) is 0 Å². The summed E-state index contributed by atoms with van der Waals surface area (Å²) in [6, 6.07) is 6.91. The lowest BCUT2D eigenvalue weighted by Crippen LogP contribution is -2.56. The molecule has 33 heavy (non-hydrogen) atoms. The van der Waals surface area contributed by atoms with Gasteiger partial charge in [-0.25, -0.2) is 4.98 Å². The van der Waals surface area contributed by atoms with Gasteiger partial charge in [0.15, 0.2) is 5.78 Å². The maximum Gasteiger partial charge on any atom is 0.187 e. The van der Waals surface area contributed by atoms with Crippen molar-refractivity contribution in [3.05, 3.63) is 65.9 Å². The summed E-state index contributed by atoms with van der Waals surface area (Å²) in [5, 5.41) is 28.9. The van der Waals surface area contributed by atoms with E-state index in [0.717, 1.165) is 11.1 Å². The van der Waals surface area contributed by atoms with Crippen LogP contribution in [0.2, 0.25) is 0 Å². The third kappa shape index (κ3) is 4.47. The van der Waals surface area contributed by atoms with Crippen LogP contribution in [0, 0.1) is 0 Å². The van der Waals surface area contributed by atoms with Crippen molar-refractivity contribution in [3.8, 4) is 11.3 Å². The van der Waals surface area contributed by atoms with E-state index in [4.69, 9.17) is 10.5 Å². The van der Waals surface area contributed by atoms with Crippen molar-refractivity contribution < 1.29 is 19.7 Å². The van der Waals surface area contributed by atoms with Crippen molar-refractivity contribution in [2.24, 2.45) is 0 Å². The molecule has 4 atom stereocenters. The second-order valence-corrected chi connectivity index (χ2v) is 8.30. The molecule has 1 aliphatic rings. The number of hydrogen-bond acceptors (Lipinski definition) is 9. The minimum Gasteiger partial charge on any atom is -0.397 e. The zero-order valence-electron chi connectivity index (χ0n) is 18.5. The minimum atomic E-state index is -1.31. The van der Waals surface area contributed by atoms with E-state index in [0.29, 0.717) is 17.7 Å². The zero-order valence-corrected chi connectivity index (χ0v) is 18.5. The van der Waals surface area contributed by atoms with Crippen LogP contribution in [0.15, 0.2) is 49.1 Å². The fourth-order valence-electron chi connectivity index (χ4n) is 4.27. The molecule has 1 fully saturated rings. The van der Waals surface area contributed by atoms with Crippen molar-refractivity contribution in [1.82, 2.24) is 20.2 Å². The van der Waals surface area contributed by atoms with E-state index >= 15 is 0 Å². The van der Waals surface area contributed by atoms with Crippen LogP contribution < -0.4 is 5.73 Å². The average molecular weight is 450 g/mol. The largest absolute Gasteiger partial charge is 0.397 e. The van der Waals surface area contributed by atoms with Crippen LogP contribution >= 0.6 is 0 Å². The number of aliphatic hydroxyl groups is 2. The number of rotatable bonds is 6. The highest BCUT2D eigenvalue weighted by molar-refractivity contribution is 6.00. The fraction of sp³-hybridized carbons (Fsp3) is 0.375. The Hall–Kier alpha value is -3.27. The van der Waals surface area contributed by atoms with Crippen LogP contribution in [0.1, 0.15) is 54.4 Å². The number of nitrogens with two attached hydrogens (primary N) is 1. The predicted octanol–water partition coefficient (Wildman–Crippen LogP) is 2.29. The average Bonchev–Trinajstić information content (AvgIpc) is 2.83. The molecule has 172 valence electrons. The molecular formula is C24H27N5O4. The number of aliphatic hydroxyl groups excluding tert-OH is 1. The van der Waals surface area contributed by atoms with E-state index in [9.17, 15) is 15.0 Å². The lowest BCUT2D eigenvalue weighted by molar-refractivity contribution is -0.224. The van der Waals surface area contributed by atoms with Gasteiger partial charge in [-0.05, 0) is 48.7 Å². The monoisotopic (exact) mass is 449 g/mol. The Kier molecular flexibility index (Phi) is 6.46. The second kappa shape index (κ2) is 9.30. The van der Waals surface area contributed by atoms with Crippen molar-refractivity contribution in [3.63, 3.8) is 0 Å². The van der Waals surface area contributed by atoms with E-state index < -0.39 is 23.9 Å². The first-order valence-electron chi connectivity index (χ1n) is 10.9. The molecule has 0 bridgehead atoms. The number of hydrogen-bond donors (Lipinski definition) is 3. The highest BCUT2D eigenvalue weighted by atomic mass is 16.5. The van der Waals surface area contributed by atoms with Gasteiger partial charge in [0.25, 0.3) is 0 Å². The molecule has 1 saturated heterocycles. The van der Waals surface area contributed by atoms with Crippen LogP contribution in [0.4, 0.5) is 5.69 Å². The number of anilines is 1. The van der Waals surface area contributed by atoms with Crippen LogP contribution in [0.3, 0.4) is 0 Å². The Morgan fingerprint density at radius 1 is 1.21 bits per heavy atom. The normalized spacial score (nSPS) is 25.0. The minimum absolute atomic E-state index is 0.0147. The van der Waals surface area contributed by atoms with Crippen molar-refractivity contribution in [2.45, 2.75) is 57.0 Å². The van der Waals surface area contributed by atoms with Gasteiger partial charge >= 0.3 is 0 Å². The highest BCUT2D eigenvalue weighted by Crippen LogP contribution is 2.39. The standard InChI is InChI=1S/C24H27N5O4/c1-3-24(32)14(2)33-21(11-22(24)31)17-7-8-26-12-16(17)10-20(30)23-18(25)4-5-19(29-23)15-6-9-27-28-13-15/h4-9,12-14,21-22,31-32H,3,10-11,25H2,1-2H3/t14-,21-,22-,24-/m1/s1. The molecule has 0 amide bonds. The van der Waals surface area contributed by atoms with Gasteiger partial charge in [-0.3, -0.25) is 9.78 Å². The number of aromatic nitrogens is 4. The number of Topliss-reactive ketones (excluding diaryl/α,β-unsaturated/α-hetero) is 1. The molecule has 4 heterocycles. The first-order valence-corrected chi connectivity index (χ1v) is 10.9. The molecule has 0 radical (unpaired) electrons. The molecule has 3 aromatic rings. The van der Waals surface area contributed by atoms with Crippen LogP contribution in [0.5, 0.6) is 0 Å². The Labute approximate surface area is 191 Å². The zero-order chi connectivity index (χ0) is 23.6. The smallest absolute Gasteiger partial charge is 0.187 e. The molecular weight excluding hydrogens is 422 g/mol. The van der Waals surface area contributed by atoms with E-state index in [-0.39, 0.29) is 30.0 Å². The fourth-order valence-corrected chi connectivity index (χ4v) is 4.27. The number of nitrogens with zero attached hydrogens (tertiary/aromatic N) is 4. The summed E-state index contributed by atoms with van der Waals surface area (Å²) in [6.07, 6.45) is 4.95. The molecule has 0 saturated carbocycles. The van der Waals surface area contributed by atoms with E-state index in [1.165, 1.54) is 0 Å². The Bertz CT molecular complexity index is 1130. The van der Waals surface area contributed by atoms with Gasteiger partial charge in [-0.2, -0.15) is 10.2 Å². The first kappa shape index (κ1) is 22.9.